The minimum atomic E-state index is -2.31. The number of unbranched alkanes of at least 4 members (excludes halogenated alkanes) is 1. The molecule has 3 atom stereocenters. The third-order valence-electron chi connectivity index (χ3n) is 7.13. The van der Waals surface area contributed by atoms with Gasteiger partial charge in [0.1, 0.15) is 22.8 Å². The molecule has 12 heteroatoms. The van der Waals surface area contributed by atoms with Crippen molar-refractivity contribution in [1.82, 2.24) is 10.6 Å². The number of fused-ring (bicyclic) bond motifs is 1. The molecule has 0 saturated heterocycles. The summed E-state index contributed by atoms with van der Waals surface area (Å²) >= 11 is 0. The van der Waals surface area contributed by atoms with Crippen molar-refractivity contribution in [3.63, 3.8) is 0 Å². The molecular formula is C37H56N4O8. The van der Waals surface area contributed by atoms with Crippen LogP contribution in [0.2, 0.25) is 0 Å². The van der Waals surface area contributed by atoms with E-state index in [4.69, 9.17) is 25.7 Å². The molecule has 0 radical (unpaired) electrons. The summed E-state index contributed by atoms with van der Waals surface area (Å²) in [7, 11) is 0. The highest BCUT2D eigenvalue weighted by atomic mass is 16.6. The number of benzene rings is 2. The van der Waals surface area contributed by atoms with Crippen molar-refractivity contribution in [2.45, 2.75) is 135 Å². The lowest BCUT2D eigenvalue weighted by Crippen LogP contribution is -2.63. The van der Waals surface area contributed by atoms with E-state index < -0.39 is 64.7 Å². The van der Waals surface area contributed by atoms with E-state index in [0.717, 1.165) is 16.3 Å². The minimum absolute atomic E-state index is 0.121. The van der Waals surface area contributed by atoms with Crippen molar-refractivity contribution in [3.05, 3.63) is 48.0 Å². The minimum Gasteiger partial charge on any atom is -0.460 e. The van der Waals surface area contributed by atoms with Crippen molar-refractivity contribution >= 4 is 40.5 Å². The second-order valence-electron chi connectivity index (χ2n) is 15.4. The summed E-state index contributed by atoms with van der Waals surface area (Å²) in [5.74, 6) is -3.72. The molecule has 12 nitrogen and oxygen atoms in total. The number of hydrogen-bond acceptors (Lipinski definition) is 10. The van der Waals surface area contributed by atoms with Gasteiger partial charge in [0.2, 0.25) is 5.91 Å². The summed E-state index contributed by atoms with van der Waals surface area (Å²) in [6.45, 7) is 15.3. The van der Waals surface area contributed by atoms with Crippen LogP contribution in [-0.4, -0.2) is 70.7 Å². The molecule has 2 aromatic rings. The van der Waals surface area contributed by atoms with Crippen molar-refractivity contribution in [3.8, 4) is 0 Å². The standard InChI is InChI=1S/C37H56N4O8/c1-34(2,3)47-29(42)19-20-37(39,33(46)49-36(7,8)9)32(45)41-28(31(44)48-35(4,5)6)16-12-13-21-40-30(43)27(38)23-24-17-18-25-14-10-11-15-26(25)22-24/h10-11,14-15,17-18,22,27-28H,12-13,16,19-21,23,38-39H2,1-9H3,(H,40,43)(H,41,45)/t27-,28-,37+/m0/s1. The SMILES string of the molecule is CC(C)(C)OC(=O)CC[C@@](N)(C(=O)N[C@@H](CCCCNC(=O)[C@@H](N)Cc1ccc2ccccc2c1)C(=O)OC(C)(C)C)C(=O)OC(C)(C)C. The van der Waals surface area contributed by atoms with Crippen LogP contribution < -0.4 is 22.1 Å². The van der Waals surface area contributed by atoms with Gasteiger partial charge in [-0.05, 0) is 111 Å². The molecule has 0 heterocycles. The summed E-state index contributed by atoms with van der Waals surface area (Å²) in [4.78, 5) is 65.3. The lowest BCUT2D eigenvalue weighted by atomic mass is 9.92. The first-order valence-electron chi connectivity index (χ1n) is 16.8. The van der Waals surface area contributed by atoms with E-state index >= 15 is 0 Å². The van der Waals surface area contributed by atoms with Crippen LogP contribution in [0.1, 0.15) is 100.0 Å². The Morgan fingerprint density at radius 1 is 0.776 bits per heavy atom. The fourth-order valence-electron chi connectivity index (χ4n) is 4.81. The molecule has 2 aromatic carbocycles. The Bertz CT molecular complexity index is 1470. The van der Waals surface area contributed by atoms with Crippen LogP contribution in [-0.2, 0) is 44.6 Å². The maximum absolute atomic E-state index is 13.7. The maximum Gasteiger partial charge on any atom is 0.336 e. The number of rotatable bonds is 15. The van der Waals surface area contributed by atoms with Gasteiger partial charge in [0, 0.05) is 13.0 Å². The number of nitrogens with two attached hydrogens (primary N) is 2. The third-order valence-corrected chi connectivity index (χ3v) is 7.13. The molecule has 2 rings (SSSR count). The zero-order valence-corrected chi connectivity index (χ0v) is 30.6. The van der Waals surface area contributed by atoms with E-state index in [-0.39, 0.29) is 25.3 Å². The molecular weight excluding hydrogens is 628 g/mol. The van der Waals surface area contributed by atoms with Crippen LogP contribution in [0, 0.1) is 0 Å². The maximum atomic E-state index is 13.7. The number of amides is 2. The van der Waals surface area contributed by atoms with Crippen LogP contribution in [0.3, 0.4) is 0 Å². The molecule has 49 heavy (non-hydrogen) atoms. The van der Waals surface area contributed by atoms with Gasteiger partial charge in [0.15, 0.2) is 5.54 Å². The normalized spacial score (nSPS) is 14.6. The molecule has 0 aliphatic rings. The first kappa shape index (κ1) is 41.1. The Morgan fingerprint density at radius 3 is 1.96 bits per heavy atom. The predicted molar refractivity (Wildman–Crippen MR) is 188 cm³/mol. The van der Waals surface area contributed by atoms with Crippen molar-refractivity contribution in [2.75, 3.05) is 6.54 Å². The highest BCUT2D eigenvalue weighted by Crippen LogP contribution is 2.21. The molecule has 272 valence electrons. The molecule has 6 N–H and O–H groups in total. The fourth-order valence-corrected chi connectivity index (χ4v) is 4.81. The van der Waals surface area contributed by atoms with Crippen molar-refractivity contribution in [1.29, 1.82) is 0 Å². The Labute approximate surface area is 290 Å². The zero-order valence-electron chi connectivity index (χ0n) is 30.6. The molecule has 0 bridgehead atoms. The van der Waals surface area contributed by atoms with Gasteiger partial charge in [-0.1, -0.05) is 42.5 Å². The summed E-state index contributed by atoms with van der Waals surface area (Å²) in [6.07, 6.45) is 0.579. The molecule has 0 aliphatic heterocycles. The van der Waals surface area contributed by atoms with Crippen LogP contribution in [0.5, 0.6) is 0 Å². The van der Waals surface area contributed by atoms with Gasteiger partial charge in [0.05, 0.1) is 6.04 Å². The van der Waals surface area contributed by atoms with Gasteiger partial charge in [-0.25, -0.2) is 9.59 Å². The molecule has 0 spiro atoms. The average Bonchev–Trinajstić information content (AvgIpc) is 2.96. The van der Waals surface area contributed by atoms with E-state index in [0.29, 0.717) is 19.3 Å². The van der Waals surface area contributed by atoms with Crippen molar-refractivity contribution < 1.29 is 38.2 Å². The first-order chi connectivity index (χ1) is 22.5. The van der Waals surface area contributed by atoms with E-state index in [1.54, 1.807) is 62.3 Å². The van der Waals surface area contributed by atoms with E-state index in [1.807, 2.05) is 42.5 Å². The van der Waals surface area contributed by atoms with Gasteiger partial charge in [-0.2, -0.15) is 0 Å². The van der Waals surface area contributed by atoms with Gasteiger partial charge in [-0.15, -0.1) is 0 Å². The summed E-state index contributed by atoms with van der Waals surface area (Å²) in [5, 5.41) is 7.59. The number of carbonyl (C=O) groups excluding carboxylic acids is 5. The number of hydrogen-bond donors (Lipinski definition) is 4. The molecule has 0 aliphatic carbocycles. The average molecular weight is 685 g/mol. The fraction of sp³-hybridized carbons (Fsp3) is 0.595. The molecule has 0 aromatic heterocycles. The van der Waals surface area contributed by atoms with Crippen LogP contribution in [0.4, 0.5) is 0 Å². The molecule has 2 amide bonds. The van der Waals surface area contributed by atoms with Gasteiger partial charge < -0.3 is 36.3 Å². The smallest absolute Gasteiger partial charge is 0.336 e. The predicted octanol–water partition coefficient (Wildman–Crippen LogP) is 3.98. The Kier molecular flexibility index (Phi) is 14.3. The lowest BCUT2D eigenvalue weighted by molar-refractivity contribution is -0.168. The summed E-state index contributed by atoms with van der Waals surface area (Å²) < 4.78 is 16.3. The second kappa shape index (κ2) is 17.1. The lowest BCUT2D eigenvalue weighted by Gasteiger charge is -2.32. The highest BCUT2D eigenvalue weighted by Gasteiger charge is 2.47. The molecule has 0 fully saturated rings. The van der Waals surface area contributed by atoms with Crippen LogP contribution >= 0.6 is 0 Å². The van der Waals surface area contributed by atoms with Crippen LogP contribution in [0.25, 0.3) is 10.8 Å². The van der Waals surface area contributed by atoms with E-state index in [9.17, 15) is 24.0 Å². The molecule has 0 unspecified atom stereocenters. The Hall–Kier alpha value is -4.03. The number of esters is 3. The quantitative estimate of drug-likeness (QED) is 0.0924. The summed E-state index contributed by atoms with van der Waals surface area (Å²) in [6, 6.07) is 12.0. The number of carbonyl (C=O) groups is 5. The summed E-state index contributed by atoms with van der Waals surface area (Å²) in [5.41, 5.74) is 8.59. The van der Waals surface area contributed by atoms with Crippen molar-refractivity contribution in [2.24, 2.45) is 11.5 Å². The monoisotopic (exact) mass is 684 g/mol. The topological polar surface area (TPSA) is 189 Å². The van der Waals surface area contributed by atoms with Gasteiger partial charge >= 0.3 is 17.9 Å². The second-order valence-corrected chi connectivity index (χ2v) is 15.4. The van der Waals surface area contributed by atoms with Gasteiger partial charge in [-0.3, -0.25) is 14.4 Å². The van der Waals surface area contributed by atoms with E-state index in [2.05, 4.69) is 10.6 Å². The zero-order chi connectivity index (χ0) is 37.2. The largest absolute Gasteiger partial charge is 0.460 e. The highest BCUT2D eigenvalue weighted by molar-refractivity contribution is 6.08. The Morgan fingerprint density at radius 2 is 1.37 bits per heavy atom. The molecule has 0 saturated carbocycles. The first-order valence-corrected chi connectivity index (χ1v) is 16.8. The number of nitrogens with one attached hydrogen (secondary N) is 2. The number of ether oxygens (including phenoxy) is 3. The van der Waals surface area contributed by atoms with Crippen LogP contribution in [0.15, 0.2) is 42.5 Å². The third kappa shape index (κ3) is 14.5. The van der Waals surface area contributed by atoms with E-state index in [1.165, 1.54) is 0 Å². The Balaban J connectivity index is 2.07. The van der Waals surface area contributed by atoms with Gasteiger partial charge in [0.25, 0.3) is 5.91 Å².